The minimum absolute atomic E-state index is 0.0675. The predicted octanol–water partition coefficient (Wildman–Crippen LogP) is 4.68. The normalized spacial score (nSPS) is 18.2. The van der Waals surface area contributed by atoms with Gasteiger partial charge in [0.25, 0.3) is 5.56 Å². The molecule has 0 bridgehead atoms. The second-order valence-electron chi connectivity index (χ2n) is 11.6. The molecule has 3 aromatic heterocycles. The molecule has 3 N–H and O–H groups in total. The monoisotopic (exact) mass is 600 g/mol. The number of hydrogen-bond donors (Lipinski definition) is 2. The van der Waals surface area contributed by atoms with Crippen molar-refractivity contribution >= 4 is 27.8 Å². The highest BCUT2D eigenvalue weighted by molar-refractivity contribution is 7.15. The zero-order valence-corrected chi connectivity index (χ0v) is 26.3. The molecule has 3 atom stereocenters. The van der Waals surface area contributed by atoms with Crippen LogP contribution in [-0.4, -0.2) is 69.6 Å². The lowest BCUT2D eigenvalue weighted by atomic mass is 9.95. The van der Waals surface area contributed by atoms with Gasteiger partial charge in [-0.05, 0) is 83.1 Å². The highest BCUT2D eigenvalue weighted by atomic mass is 32.1. The van der Waals surface area contributed by atoms with Gasteiger partial charge in [-0.1, -0.05) is 18.2 Å². The van der Waals surface area contributed by atoms with Gasteiger partial charge in [0.05, 0.1) is 23.8 Å². The average molecular weight is 601 g/mol. The van der Waals surface area contributed by atoms with Crippen molar-refractivity contribution in [3.05, 3.63) is 74.8 Å². The van der Waals surface area contributed by atoms with E-state index >= 15 is 0 Å². The highest BCUT2D eigenvalue weighted by Gasteiger charge is 2.23. The van der Waals surface area contributed by atoms with Gasteiger partial charge in [0.1, 0.15) is 34.4 Å². The number of anilines is 2. The van der Waals surface area contributed by atoms with Crippen molar-refractivity contribution < 1.29 is 4.74 Å². The molecule has 0 amide bonds. The SMILES string of the molecule is Cc1csc2cc([C@H](C)Nc3ncnc(N)c3C#N)c(-c3cccc(CN(C)CCCN4C[C@@H](C)O[C@@H](C)C4)c3)c(=O)n12. The molecule has 0 unspecified atom stereocenters. The number of morpholine rings is 1. The second-order valence-corrected chi connectivity index (χ2v) is 12.5. The Morgan fingerprint density at radius 2 is 2.02 bits per heavy atom. The number of hydrogen-bond acceptors (Lipinski definition) is 10. The van der Waals surface area contributed by atoms with Gasteiger partial charge in [-0.15, -0.1) is 11.3 Å². The van der Waals surface area contributed by atoms with Crippen molar-refractivity contribution in [3.63, 3.8) is 0 Å². The summed E-state index contributed by atoms with van der Waals surface area (Å²) < 4.78 is 7.64. The Hall–Kier alpha value is -3.82. The van der Waals surface area contributed by atoms with Crippen LogP contribution in [0.1, 0.15) is 55.6 Å². The van der Waals surface area contributed by atoms with E-state index in [2.05, 4.69) is 70.2 Å². The number of pyridine rings is 1. The Labute approximate surface area is 256 Å². The van der Waals surface area contributed by atoms with Gasteiger partial charge >= 0.3 is 0 Å². The number of nitrogen functional groups attached to an aromatic ring is 1. The number of fused-ring (bicyclic) bond motifs is 1. The first-order chi connectivity index (χ1) is 20.6. The molecule has 1 aromatic carbocycles. The molecule has 0 aliphatic carbocycles. The molecule has 0 saturated carbocycles. The lowest BCUT2D eigenvalue weighted by Crippen LogP contribution is -2.46. The smallest absolute Gasteiger partial charge is 0.264 e. The lowest BCUT2D eigenvalue weighted by Gasteiger charge is -2.35. The van der Waals surface area contributed by atoms with Crippen molar-refractivity contribution in [1.82, 2.24) is 24.2 Å². The fourth-order valence-electron chi connectivity index (χ4n) is 6.00. The zero-order chi connectivity index (χ0) is 30.7. The number of thiazole rings is 1. The Balaban J connectivity index is 1.39. The lowest BCUT2D eigenvalue weighted by molar-refractivity contribution is -0.0683. The highest BCUT2D eigenvalue weighted by Crippen LogP contribution is 2.32. The third-order valence-corrected chi connectivity index (χ3v) is 8.89. The van der Waals surface area contributed by atoms with E-state index in [1.807, 2.05) is 31.4 Å². The molecule has 1 saturated heterocycles. The van der Waals surface area contributed by atoms with Crippen LogP contribution < -0.4 is 16.6 Å². The fraction of sp³-hybridized carbons (Fsp3) is 0.438. The van der Waals surface area contributed by atoms with Gasteiger partial charge in [0, 0.05) is 30.7 Å². The molecule has 1 fully saturated rings. The van der Waals surface area contributed by atoms with Gasteiger partial charge in [-0.3, -0.25) is 14.1 Å². The molecule has 226 valence electrons. The summed E-state index contributed by atoms with van der Waals surface area (Å²) in [6.07, 6.45) is 2.97. The molecule has 10 nitrogen and oxygen atoms in total. The molecular weight excluding hydrogens is 560 g/mol. The van der Waals surface area contributed by atoms with Crippen molar-refractivity contribution in [2.24, 2.45) is 0 Å². The van der Waals surface area contributed by atoms with E-state index in [9.17, 15) is 10.1 Å². The molecular formula is C32H40N8O2S. The number of nitriles is 1. The standard InChI is InChI=1S/C32H40N8O2S/c1-20-18-43-28-13-26(23(4)37-31-27(14-33)30(34)35-19-36-31)29(32(41)40(20)28)25-9-6-8-24(12-25)17-38(5)10-7-11-39-15-21(2)42-22(3)16-39/h6,8-9,12-13,18-19,21-23H,7,10-11,15-17H2,1-5H3,(H3,34,35,36,37)/t21-,22+,23-/m0/s1. The summed E-state index contributed by atoms with van der Waals surface area (Å²) in [5.74, 6) is 0.454. The van der Waals surface area contributed by atoms with Crippen LogP contribution in [0.4, 0.5) is 11.6 Å². The van der Waals surface area contributed by atoms with Crippen LogP contribution in [0.25, 0.3) is 16.0 Å². The number of aromatic nitrogens is 3. The van der Waals surface area contributed by atoms with Gasteiger partial charge in [0.2, 0.25) is 0 Å². The molecule has 1 aliphatic rings. The molecule has 43 heavy (non-hydrogen) atoms. The summed E-state index contributed by atoms with van der Waals surface area (Å²) in [5, 5.41) is 14.9. The van der Waals surface area contributed by atoms with Crippen molar-refractivity contribution in [3.8, 4) is 17.2 Å². The van der Waals surface area contributed by atoms with Gasteiger partial charge in [0.15, 0.2) is 0 Å². The molecule has 0 spiro atoms. The van der Waals surface area contributed by atoms with Crippen LogP contribution in [0.5, 0.6) is 0 Å². The van der Waals surface area contributed by atoms with E-state index in [0.29, 0.717) is 11.4 Å². The third kappa shape index (κ3) is 6.89. The maximum atomic E-state index is 14.1. The van der Waals surface area contributed by atoms with E-state index < -0.39 is 0 Å². The van der Waals surface area contributed by atoms with Crippen LogP contribution in [0.2, 0.25) is 0 Å². The summed E-state index contributed by atoms with van der Waals surface area (Å²) in [6, 6.07) is 12.0. The van der Waals surface area contributed by atoms with Crippen molar-refractivity contribution in [1.29, 1.82) is 5.26 Å². The molecule has 11 heteroatoms. The first-order valence-electron chi connectivity index (χ1n) is 14.7. The summed E-state index contributed by atoms with van der Waals surface area (Å²) >= 11 is 1.53. The summed E-state index contributed by atoms with van der Waals surface area (Å²) in [7, 11) is 2.14. The maximum absolute atomic E-state index is 14.1. The second kappa shape index (κ2) is 13.2. The zero-order valence-electron chi connectivity index (χ0n) is 25.5. The van der Waals surface area contributed by atoms with E-state index in [1.165, 1.54) is 17.7 Å². The Morgan fingerprint density at radius 3 is 2.77 bits per heavy atom. The van der Waals surface area contributed by atoms with Crippen LogP contribution >= 0.6 is 11.3 Å². The number of nitrogens with one attached hydrogen (secondary N) is 1. The maximum Gasteiger partial charge on any atom is 0.264 e. The molecule has 4 heterocycles. The quantitative estimate of drug-likeness (QED) is 0.267. The number of aryl methyl sites for hydroxylation is 1. The molecule has 0 radical (unpaired) electrons. The van der Waals surface area contributed by atoms with E-state index in [1.54, 1.807) is 4.40 Å². The van der Waals surface area contributed by atoms with Gasteiger partial charge < -0.3 is 20.7 Å². The first kappa shape index (κ1) is 30.6. The summed E-state index contributed by atoms with van der Waals surface area (Å²) in [4.78, 5) is 27.9. The van der Waals surface area contributed by atoms with Crippen LogP contribution in [0.15, 0.2) is 46.8 Å². The Bertz CT molecular complexity index is 1680. The van der Waals surface area contributed by atoms with Crippen LogP contribution in [-0.2, 0) is 11.3 Å². The fourth-order valence-corrected chi connectivity index (χ4v) is 6.93. The average Bonchev–Trinajstić information content (AvgIpc) is 3.33. The molecule has 5 rings (SSSR count). The van der Waals surface area contributed by atoms with Crippen LogP contribution in [0.3, 0.4) is 0 Å². The minimum Gasteiger partial charge on any atom is -0.382 e. The van der Waals surface area contributed by atoms with E-state index in [0.717, 1.165) is 66.4 Å². The number of benzene rings is 1. The van der Waals surface area contributed by atoms with Crippen molar-refractivity contribution in [2.75, 3.05) is 44.3 Å². The van der Waals surface area contributed by atoms with Gasteiger partial charge in [-0.2, -0.15) is 5.26 Å². The van der Waals surface area contributed by atoms with E-state index in [4.69, 9.17) is 10.5 Å². The third-order valence-electron chi connectivity index (χ3n) is 7.89. The minimum atomic E-state index is -0.339. The summed E-state index contributed by atoms with van der Waals surface area (Å²) in [5.41, 5.74) is 10.4. The van der Waals surface area contributed by atoms with Gasteiger partial charge in [-0.25, -0.2) is 9.97 Å². The Kier molecular flexibility index (Phi) is 9.42. The van der Waals surface area contributed by atoms with Crippen molar-refractivity contribution in [2.45, 2.75) is 58.9 Å². The summed E-state index contributed by atoms with van der Waals surface area (Å²) in [6.45, 7) is 13.0. The number of nitrogens with zero attached hydrogens (tertiary/aromatic N) is 6. The number of nitrogens with two attached hydrogens (primary N) is 1. The number of rotatable bonds is 10. The predicted molar refractivity (Wildman–Crippen MR) is 172 cm³/mol. The number of ether oxygens (including phenoxy) is 1. The Morgan fingerprint density at radius 1 is 1.26 bits per heavy atom. The topological polar surface area (TPSA) is 125 Å². The van der Waals surface area contributed by atoms with Crippen LogP contribution in [0, 0.1) is 18.3 Å². The first-order valence-corrected chi connectivity index (χ1v) is 15.6. The van der Waals surface area contributed by atoms with E-state index in [-0.39, 0.29) is 35.2 Å². The molecule has 4 aromatic rings. The molecule has 1 aliphatic heterocycles. The largest absolute Gasteiger partial charge is 0.382 e.